The van der Waals surface area contributed by atoms with Crippen LogP contribution in [0.2, 0.25) is 0 Å². The van der Waals surface area contributed by atoms with Gasteiger partial charge in [-0.15, -0.1) is 0 Å². The molecular formula is C21H18F8N2O. The molecule has 32 heavy (non-hydrogen) atoms. The fourth-order valence-electron chi connectivity index (χ4n) is 3.57. The van der Waals surface area contributed by atoms with Crippen molar-refractivity contribution >= 4 is 11.7 Å². The van der Waals surface area contributed by atoms with E-state index in [-0.39, 0.29) is 12.2 Å². The van der Waals surface area contributed by atoms with Crippen LogP contribution in [0.4, 0.5) is 45.6 Å². The number of hydrogen-bond acceptors (Lipinski definition) is 1. The number of benzene rings is 2. The molecule has 11 heteroatoms. The molecular weight excluding hydrogens is 448 g/mol. The molecule has 1 heterocycles. The Bertz CT molecular complexity index is 954. The van der Waals surface area contributed by atoms with Gasteiger partial charge in [0.05, 0.1) is 11.6 Å². The number of carbonyl (C=O) groups is 1. The summed E-state index contributed by atoms with van der Waals surface area (Å²) in [6.45, 7) is 0.247. The fourth-order valence-corrected chi connectivity index (χ4v) is 3.57. The molecule has 1 saturated heterocycles. The average Bonchev–Trinajstić information content (AvgIpc) is 2.73. The first-order chi connectivity index (χ1) is 14.8. The van der Waals surface area contributed by atoms with Gasteiger partial charge in [-0.1, -0.05) is 24.3 Å². The Labute approximate surface area is 178 Å². The fraction of sp³-hybridized carbons (Fsp3) is 0.381. The molecule has 1 N–H and O–H groups in total. The van der Waals surface area contributed by atoms with Crippen molar-refractivity contribution < 1.29 is 39.9 Å². The van der Waals surface area contributed by atoms with Gasteiger partial charge in [-0.05, 0) is 49.1 Å². The molecule has 1 aliphatic rings. The Balaban J connectivity index is 1.78. The molecule has 0 saturated carbocycles. The molecule has 0 aromatic heterocycles. The number of amides is 2. The molecule has 3 rings (SSSR count). The van der Waals surface area contributed by atoms with Crippen LogP contribution in [0.5, 0.6) is 0 Å². The molecule has 2 amide bonds. The molecule has 1 atom stereocenters. The second-order valence-electron chi connectivity index (χ2n) is 7.41. The summed E-state index contributed by atoms with van der Waals surface area (Å²) in [6.07, 6.45) is -8.58. The molecule has 0 aliphatic carbocycles. The van der Waals surface area contributed by atoms with Crippen LogP contribution in [0.3, 0.4) is 0 Å². The number of alkyl halides is 8. The summed E-state index contributed by atoms with van der Waals surface area (Å²) in [5, 5.41) is 2.41. The quantitative estimate of drug-likeness (QED) is 0.480. The zero-order chi connectivity index (χ0) is 23.7. The van der Waals surface area contributed by atoms with Crippen LogP contribution in [0.1, 0.15) is 42.0 Å². The Morgan fingerprint density at radius 3 is 2.12 bits per heavy atom. The summed E-state index contributed by atoms with van der Waals surface area (Å²) < 4.78 is 103. The molecule has 3 nitrogen and oxygen atoms in total. The van der Waals surface area contributed by atoms with Gasteiger partial charge in [0.2, 0.25) is 0 Å². The third kappa shape index (κ3) is 4.97. The molecule has 2 aromatic rings. The first kappa shape index (κ1) is 23.8. The highest BCUT2D eigenvalue weighted by Gasteiger charge is 2.58. The van der Waals surface area contributed by atoms with E-state index in [9.17, 15) is 39.9 Å². The summed E-state index contributed by atoms with van der Waals surface area (Å²) in [4.78, 5) is 14.1. The standard InChI is InChI=1S/C21H18F8N2O/c22-19(23,21(27,28)29)14-7-9-16(10-8-14)30-18(32)31-11-2-1-6-17(31)13-4-3-5-15(12-13)20(24,25)26/h3-5,7-10,12,17H,1-2,6,11H2,(H,30,32). The number of hydrogen-bond donors (Lipinski definition) is 1. The van der Waals surface area contributed by atoms with Gasteiger partial charge in [-0.25, -0.2) is 4.79 Å². The number of piperidine rings is 1. The number of carbonyl (C=O) groups excluding carboxylic acids is 1. The first-order valence-electron chi connectivity index (χ1n) is 9.60. The molecule has 0 radical (unpaired) electrons. The predicted molar refractivity (Wildman–Crippen MR) is 100 cm³/mol. The van der Waals surface area contributed by atoms with E-state index in [1.165, 1.54) is 17.0 Å². The van der Waals surface area contributed by atoms with Gasteiger partial charge in [0.1, 0.15) is 0 Å². The number of nitrogens with one attached hydrogen (secondary N) is 1. The lowest BCUT2D eigenvalue weighted by Gasteiger charge is -2.36. The number of halogens is 8. The zero-order valence-electron chi connectivity index (χ0n) is 16.4. The second kappa shape index (κ2) is 8.59. The number of rotatable bonds is 3. The number of anilines is 1. The van der Waals surface area contributed by atoms with Gasteiger partial charge >= 0.3 is 24.3 Å². The Morgan fingerprint density at radius 1 is 0.875 bits per heavy atom. The molecule has 2 aromatic carbocycles. The maximum Gasteiger partial charge on any atom is 0.458 e. The molecule has 1 aliphatic heterocycles. The van der Waals surface area contributed by atoms with E-state index in [2.05, 4.69) is 5.32 Å². The predicted octanol–water partition coefficient (Wildman–Crippen LogP) is 7.12. The van der Waals surface area contributed by atoms with E-state index in [0.29, 0.717) is 37.0 Å². The minimum Gasteiger partial charge on any atom is -0.317 e. The molecule has 0 bridgehead atoms. The van der Waals surface area contributed by atoms with E-state index < -0.39 is 41.5 Å². The Kier molecular flexibility index (Phi) is 6.39. The monoisotopic (exact) mass is 466 g/mol. The van der Waals surface area contributed by atoms with Crippen molar-refractivity contribution in [3.05, 3.63) is 65.2 Å². The average molecular weight is 466 g/mol. The smallest absolute Gasteiger partial charge is 0.317 e. The molecule has 1 unspecified atom stereocenters. The minimum absolute atomic E-state index is 0.0231. The summed E-state index contributed by atoms with van der Waals surface area (Å²) in [5.74, 6) is -5.04. The highest BCUT2D eigenvalue weighted by Crippen LogP contribution is 2.44. The van der Waals surface area contributed by atoms with Crippen molar-refractivity contribution in [2.24, 2.45) is 0 Å². The van der Waals surface area contributed by atoms with Crippen LogP contribution in [-0.2, 0) is 12.1 Å². The van der Waals surface area contributed by atoms with Crippen molar-refractivity contribution in [2.75, 3.05) is 11.9 Å². The van der Waals surface area contributed by atoms with Crippen LogP contribution >= 0.6 is 0 Å². The highest BCUT2D eigenvalue weighted by molar-refractivity contribution is 5.89. The summed E-state index contributed by atoms with van der Waals surface area (Å²) in [6, 6.07) is 6.25. The van der Waals surface area contributed by atoms with E-state index in [4.69, 9.17) is 0 Å². The summed E-state index contributed by atoms with van der Waals surface area (Å²) in [7, 11) is 0. The third-order valence-corrected chi connectivity index (χ3v) is 5.22. The molecule has 0 spiro atoms. The van der Waals surface area contributed by atoms with Gasteiger partial charge in [0, 0.05) is 17.8 Å². The normalized spacial score (nSPS) is 17.9. The van der Waals surface area contributed by atoms with E-state index in [1.807, 2.05) is 0 Å². The Hall–Kier alpha value is -2.85. The van der Waals surface area contributed by atoms with Crippen molar-refractivity contribution in [1.82, 2.24) is 4.90 Å². The maximum absolute atomic E-state index is 13.4. The van der Waals surface area contributed by atoms with Crippen LogP contribution < -0.4 is 5.32 Å². The van der Waals surface area contributed by atoms with E-state index in [0.717, 1.165) is 24.3 Å². The van der Waals surface area contributed by atoms with Gasteiger partial charge in [-0.2, -0.15) is 35.1 Å². The number of urea groups is 1. The summed E-state index contributed by atoms with van der Waals surface area (Å²) >= 11 is 0. The van der Waals surface area contributed by atoms with Crippen LogP contribution in [0, 0.1) is 0 Å². The Morgan fingerprint density at radius 2 is 1.53 bits per heavy atom. The van der Waals surface area contributed by atoms with Gasteiger partial charge in [0.15, 0.2) is 0 Å². The van der Waals surface area contributed by atoms with Crippen molar-refractivity contribution in [2.45, 2.75) is 43.6 Å². The lowest BCUT2D eigenvalue weighted by atomic mass is 9.94. The van der Waals surface area contributed by atoms with Crippen LogP contribution in [0.25, 0.3) is 0 Å². The SMILES string of the molecule is O=C(Nc1ccc(C(F)(F)C(F)(F)F)cc1)N1CCCCC1c1cccc(C(F)(F)F)c1. The van der Waals surface area contributed by atoms with E-state index in [1.54, 1.807) is 0 Å². The van der Waals surface area contributed by atoms with Crippen LogP contribution in [-0.4, -0.2) is 23.7 Å². The molecule has 1 fully saturated rings. The van der Waals surface area contributed by atoms with Gasteiger partial charge in [0.25, 0.3) is 0 Å². The molecule has 174 valence electrons. The first-order valence-corrected chi connectivity index (χ1v) is 9.60. The topological polar surface area (TPSA) is 32.3 Å². The van der Waals surface area contributed by atoms with Crippen molar-refractivity contribution in [3.63, 3.8) is 0 Å². The largest absolute Gasteiger partial charge is 0.458 e. The third-order valence-electron chi connectivity index (χ3n) is 5.22. The van der Waals surface area contributed by atoms with Crippen LogP contribution in [0.15, 0.2) is 48.5 Å². The zero-order valence-corrected chi connectivity index (χ0v) is 16.4. The van der Waals surface area contributed by atoms with Gasteiger partial charge < -0.3 is 10.2 Å². The lowest BCUT2D eigenvalue weighted by Crippen LogP contribution is -2.41. The second-order valence-corrected chi connectivity index (χ2v) is 7.41. The van der Waals surface area contributed by atoms with Crippen molar-refractivity contribution in [3.8, 4) is 0 Å². The van der Waals surface area contributed by atoms with Gasteiger partial charge in [-0.3, -0.25) is 0 Å². The lowest BCUT2D eigenvalue weighted by molar-refractivity contribution is -0.289. The minimum atomic E-state index is -5.76. The highest BCUT2D eigenvalue weighted by atomic mass is 19.4. The number of likely N-dealkylation sites (tertiary alicyclic amines) is 1. The van der Waals surface area contributed by atoms with E-state index >= 15 is 0 Å². The number of nitrogens with zero attached hydrogens (tertiary/aromatic N) is 1. The van der Waals surface area contributed by atoms with Crippen molar-refractivity contribution in [1.29, 1.82) is 0 Å². The summed E-state index contributed by atoms with van der Waals surface area (Å²) in [5.41, 5.74) is -1.84. The maximum atomic E-state index is 13.4.